The molecule has 0 radical (unpaired) electrons. The number of oxazole rings is 1. The fourth-order valence-corrected chi connectivity index (χ4v) is 4.87. The van der Waals surface area contributed by atoms with Gasteiger partial charge in [-0.15, -0.1) is 11.3 Å². The Morgan fingerprint density at radius 1 is 1.07 bits per heavy atom. The van der Waals surface area contributed by atoms with Gasteiger partial charge in [-0.1, -0.05) is 54.2 Å². The highest BCUT2D eigenvalue weighted by molar-refractivity contribution is 7.99. The molecule has 0 saturated carbocycles. The van der Waals surface area contributed by atoms with Crippen LogP contribution in [0.1, 0.15) is 18.0 Å². The van der Waals surface area contributed by atoms with E-state index in [1.54, 1.807) is 0 Å². The molecular weight excluding hydrogens is 390 g/mol. The average molecular weight is 406 g/mol. The molecule has 3 aromatic heterocycles. The molecule has 2 aromatic carbocycles. The van der Waals surface area contributed by atoms with Crippen LogP contribution in [0.4, 0.5) is 0 Å². The SMILES string of the molecule is C[C@@H](Sc1nc2ccccc2o1)c1nc2scc(-c3ccccc3)c2c(=O)[nH]1. The van der Waals surface area contributed by atoms with E-state index >= 15 is 0 Å². The van der Waals surface area contributed by atoms with Crippen molar-refractivity contribution in [1.82, 2.24) is 15.0 Å². The fraction of sp³-hybridized carbons (Fsp3) is 0.0952. The largest absolute Gasteiger partial charge is 0.431 e. The lowest BCUT2D eigenvalue weighted by Gasteiger charge is -2.08. The van der Waals surface area contributed by atoms with Crippen molar-refractivity contribution in [3.8, 4) is 11.1 Å². The van der Waals surface area contributed by atoms with E-state index in [1.165, 1.54) is 23.1 Å². The molecule has 0 aliphatic heterocycles. The van der Waals surface area contributed by atoms with Gasteiger partial charge in [0.05, 0.1) is 10.6 Å². The number of aromatic nitrogens is 3. The van der Waals surface area contributed by atoms with E-state index in [0.29, 0.717) is 16.4 Å². The molecule has 0 aliphatic carbocycles. The fourth-order valence-electron chi connectivity index (χ4n) is 3.10. The van der Waals surface area contributed by atoms with Gasteiger partial charge in [0.15, 0.2) is 5.58 Å². The first-order valence-corrected chi connectivity index (χ1v) is 10.5. The van der Waals surface area contributed by atoms with Gasteiger partial charge in [-0.05, 0) is 24.6 Å². The topological polar surface area (TPSA) is 71.8 Å². The summed E-state index contributed by atoms with van der Waals surface area (Å²) < 4.78 is 5.77. The summed E-state index contributed by atoms with van der Waals surface area (Å²) in [5, 5.41) is 3.09. The molecular formula is C21H15N3O2S2. The number of fused-ring (bicyclic) bond motifs is 2. The number of nitrogens with one attached hydrogen (secondary N) is 1. The normalized spacial score (nSPS) is 12.6. The summed E-state index contributed by atoms with van der Waals surface area (Å²) in [4.78, 5) is 25.7. The van der Waals surface area contributed by atoms with Gasteiger partial charge in [-0.25, -0.2) is 9.97 Å². The van der Waals surface area contributed by atoms with Crippen LogP contribution in [0.3, 0.4) is 0 Å². The van der Waals surface area contributed by atoms with Crippen LogP contribution in [0, 0.1) is 0 Å². The van der Waals surface area contributed by atoms with E-state index in [0.717, 1.165) is 27.1 Å². The first-order valence-electron chi connectivity index (χ1n) is 8.78. The molecule has 0 bridgehead atoms. The Morgan fingerprint density at radius 3 is 2.68 bits per heavy atom. The van der Waals surface area contributed by atoms with Crippen LogP contribution in [-0.4, -0.2) is 15.0 Å². The van der Waals surface area contributed by atoms with Crippen molar-refractivity contribution in [3.63, 3.8) is 0 Å². The summed E-state index contributed by atoms with van der Waals surface area (Å²) in [6.45, 7) is 1.98. The number of benzene rings is 2. The Hall–Kier alpha value is -2.90. The molecule has 5 rings (SSSR count). The van der Waals surface area contributed by atoms with Gasteiger partial charge in [0, 0.05) is 10.9 Å². The predicted molar refractivity (Wildman–Crippen MR) is 114 cm³/mol. The maximum Gasteiger partial charge on any atom is 0.260 e. The predicted octanol–water partition coefficient (Wildman–Crippen LogP) is 5.65. The zero-order valence-corrected chi connectivity index (χ0v) is 16.5. The summed E-state index contributed by atoms with van der Waals surface area (Å²) in [6.07, 6.45) is 0. The number of nitrogens with zero attached hydrogens (tertiary/aromatic N) is 2. The van der Waals surface area contributed by atoms with E-state index in [1.807, 2.05) is 66.9 Å². The lowest BCUT2D eigenvalue weighted by atomic mass is 10.1. The van der Waals surface area contributed by atoms with Crippen molar-refractivity contribution in [2.45, 2.75) is 17.4 Å². The number of rotatable bonds is 4. The van der Waals surface area contributed by atoms with E-state index in [9.17, 15) is 4.79 Å². The third-order valence-corrected chi connectivity index (χ3v) is 6.31. The highest BCUT2D eigenvalue weighted by atomic mass is 32.2. The quantitative estimate of drug-likeness (QED) is 0.391. The molecule has 0 spiro atoms. The molecule has 1 N–H and O–H groups in total. The maximum absolute atomic E-state index is 12.8. The zero-order chi connectivity index (χ0) is 19.1. The first-order chi connectivity index (χ1) is 13.7. The molecule has 0 fully saturated rings. The third-order valence-electron chi connectivity index (χ3n) is 4.48. The van der Waals surface area contributed by atoms with Crippen LogP contribution in [0.15, 0.2) is 74.4 Å². The standard InChI is InChI=1S/C21H15N3O2S2/c1-12(28-21-22-15-9-5-6-10-16(15)26-21)18-23-19(25)17-14(11-27-20(17)24-18)13-7-3-2-4-8-13/h2-12H,1H3,(H,23,24,25)/t12-/m1/s1. The van der Waals surface area contributed by atoms with Gasteiger partial charge in [0.2, 0.25) is 0 Å². The number of aromatic amines is 1. The minimum Gasteiger partial charge on any atom is -0.431 e. The van der Waals surface area contributed by atoms with Gasteiger partial charge in [-0.3, -0.25) is 4.79 Å². The number of hydrogen-bond donors (Lipinski definition) is 1. The van der Waals surface area contributed by atoms with Gasteiger partial charge >= 0.3 is 0 Å². The summed E-state index contributed by atoms with van der Waals surface area (Å²) in [5.41, 5.74) is 3.38. The molecule has 0 saturated heterocycles. The molecule has 5 aromatic rings. The second kappa shape index (κ2) is 6.92. The van der Waals surface area contributed by atoms with Crippen LogP contribution >= 0.6 is 23.1 Å². The second-order valence-corrected chi connectivity index (χ2v) is 8.50. The lowest BCUT2D eigenvalue weighted by molar-refractivity contribution is 0.488. The summed E-state index contributed by atoms with van der Waals surface area (Å²) in [5.74, 6) is 0.617. The van der Waals surface area contributed by atoms with E-state index in [-0.39, 0.29) is 10.8 Å². The van der Waals surface area contributed by atoms with E-state index in [4.69, 9.17) is 9.40 Å². The Labute approximate surface area is 168 Å². The van der Waals surface area contributed by atoms with Crippen LogP contribution in [0.5, 0.6) is 0 Å². The molecule has 1 atom stereocenters. The third kappa shape index (κ3) is 3.02. The number of thiophene rings is 1. The lowest BCUT2D eigenvalue weighted by Crippen LogP contribution is -2.12. The molecule has 0 amide bonds. The highest BCUT2D eigenvalue weighted by Gasteiger charge is 2.18. The Kier molecular flexibility index (Phi) is 4.26. The zero-order valence-electron chi connectivity index (χ0n) is 14.9. The number of thioether (sulfide) groups is 1. The second-order valence-electron chi connectivity index (χ2n) is 6.35. The van der Waals surface area contributed by atoms with Crippen molar-refractivity contribution in [1.29, 1.82) is 0 Å². The summed E-state index contributed by atoms with van der Waals surface area (Å²) >= 11 is 2.92. The molecule has 138 valence electrons. The molecule has 0 aliphatic rings. The van der Waals surface area contributed by atoms with Crippen LogP contribution in [-0.2, 0) is 0 Å². The van der Waals surface area contributed by atoms with Crippen molar-refractivity contribution in [2.75, 3.05) is 0 Å². The number of para-hydroxylation sites is 2. The molecule has 3 heterocycles. The smallest absolute Gasteiger partial charge is 0.260 e. The van der Waals surface area contributed by atoms with Gasteiger partial charge in [0.1, 0.15) is 16.2 Å². The van der Waals surface area contributed by atoms with Gasteiger partial charge in [0.25, 0.3) is 10.8 Å². The van der Waals surface area contributed by atoms with Crippen molar-refractivity contribution >= 4 is 44.4 Å². The van der Waals surface area contributed by atoms with Gasteiger partial charge < -0.3 is 9.40 Å². The Morgan fingerprint density at radius 2 is 1.86 bits per heavy atom. The molecule has 0 unspecified atom stereocenters. The Balaban J connectivity index is 1.50. The average Bonchev–Trinajstić information content (AvgIpc) is 3.32. The monoisotopic (exact) mass is 405 g/mol. The minimum atomic E-state index is -0.120. The number of hydrogen-bond acceptors (Lipinski definition) is 6. The Bertz CT molecular complexity index is 1310. The van der Waals surface area contributed by atoms with Crippen molar-refractivity contribution < 1.29 is 4.42 Å². The van der Waals surface area contributed by atoms with Crippen LogP contribution in [0.2, 0.25) is 0 Å². The first kappa shape index (κ1) is 17.2. The maximum atomic E-state index is 12.8. The minimum absolute atomic E-state index is 0.104. The van der Waals surface area contributed by atoms with E-state index < -0.39 is 0 Å². The van der Waals surface area contributed by atoms with E-state index in [2.05, 4.69) is 9.97 Å². The van der Waals surface area contributed by atoms with Crippen LogP contribution < -0.4 is 5.56 Å². The van der Waals surface area contributed by atoms with Crippen LogP contribution in [0.25, 0.3) is 32.4 Å². The summed E-state index contributed by atoms with van der Waals surface area (Å²) in [6, 6.07) is 17.5. The molecule has 5 nitrogen and oxygen atoms in total. The van der Waals surface area contributed by atoms with Crippen molar-refractivity contribution in [2.24, 2.45) is 0 Å². The van der Waals surface area contributed by atoms with Crippen molar-refractivity contribution in [3.05, 3.63) is 76.2 Å². The number of H-pyrrole nitrogens is 1. The summed E-state index contributed by atoms with van der Waals surface area (Å²) in [7, 11) is 0. The molecule has 28 heavy (non-hydrogen) atoms. The van der Waals surface area contributed by atoms with Gasteiger partial charge in [-0.2, -0.15) is 0 Å². The molecule has 7 heteroatoms. The highest BCUT2D eigenvalue weighted by Crippen LogP contribution is 2.36.